The summed E-state index contributed by atoms with van der Waals surface area (Å²) in [5.74, 6) is -0.884. The van der Waals surface area contributed by atoms with E-state index in [1.807, 2.05) is 31.2 Å². The van der Waals surface area contributed by atoms with Crippen LogP contribution in [0.4, 0.5) is 13.2 Å². The second-order valence-corrected chi connectivity index (χ2v) is 5.12. The molecule has 1 N–H and O–H groups in total. The third-order valence-electron chi connectivity index (χ3n) is 3.36. The Labute approximate surface area is 142 Å². The standard InChI is InChI=1S/C17H16F3N3O2/c1-12-4-2-3-5-13(12)11-25-23-9-8-22-16(24)14-10-21-7-6-15(14)17(18,19)20/h2-7,9-10H,8,11H2,1H3,(H,22,24). The number of pyridine rings is 1. The number of amides is 1. The van der Waals surface area contributed by atoms with Gasteiger partial charge in [0.2, 0.25) is 0 Å². The number of nitrogens with zero attached hydrogens (tertiary/aromatic N) is 2. The second kappa shape index (κ2) is 8.27. The molecule has 0 aliphatic carbocycles. The molecule has 0 saturated heterocycles. The van der Waals surface area contributed by atoms with E-state index in [-0.39, 0.29) is 13.2 Å². The van der Waals surface area contributed by atoms with Gasteiger partial charge in [0.1, 0.15) is 6.61 Å². The molecule has 2 rings (SSSR count). The van der Waals surface area contributed by atoms with Crippen molar-refractivity contribution in [3.05, 3.63) is 65.0 Å². The molecule has 1 aromatic carbocycles. The minimum absolute atomic E-state index is 0.0706. The molecule has 0 fully saturated rings. The van der Waals surface area contributed by atoms with Gasteiger partial charge in [-0.3, -0.25) is 9.78 Å². The summed E-state index contributed by atoms with van der Waals surface area (Å²) >= 11 is 0. The Morgan fingerprint density at radius 2 is 2.08 bits per heavy atom. The number of carbonyl (C=O) groups excluding carboxylic acids is 1. The maximum absolute atomic E-state index is 12.8. The van der Waals surface area contributed by atoms with Crippen LogP contribution in [0.5, 0.6) is 0 Å². The van der Waals surface area contributed by atoms with Crippen molar-refractivity contribution in [2.75, 3.05) is 6.54 Å². The van der Waals surface area contributed by atoms with Gasteiger partial charge in [-0.15, -0.1) is 0 Å². The maximum Gasteiger partial charge on any atom is 0.417 e. The number of benzene rings is 1. The van der Waals surface area contributed by atoms with E-state index < -0.39 is 23.2 Å². The van der Waals surface area contributed by atoms with Crippen LogP contribution in [0.1, 0.15) is 27.0 Å². The van der Waals surface area contributed by atoms with Crippen LogP contribution in [-0.4, -0.2) is 23.7 Å². The summed E-state index contributed by atoms with van der Waals surface area (Å²) < 4.78 is 38.5. The summed E-state index contributed by atoms with van der Waals surface area (Å²) in [5, 5.41) is 5.98. The predicted molar refractivity (Wildman–Crippen MR) is 86.0 cm³/mol. The van der Waals surface area contributed by atoms with E-state index in [4.69, 9.17) is 4.84 Å². The summed E-state index contributed by atoms with van der Waals surface area (Å²) in [5.41, 5.74) is 0.452. The molecule has 132 valence electrons. The number of aryl methyl sites for hydroxylation is 1. The van der Waals surface area contributed by atoms with Crippen molar-refractivity contribution in [1.82, 2.24) is 10.3 Å². The number of halogens is 3. The van der Waals surface area contributed by atoms with Gasteiger partial charge < -0.3 is 10.2 Å². The summed E-state index contributed by atoms with van der Waals surface area (Å²) in [6.07, 6.45) is -1.50. The van der Waals surface area contributed by atoms with E-state index in [0.29, 0.717) is 0 Å². The highest BCUT2D eigenvalue weighted by Gasteiger charge is 2.35. The molecule has 0 spiro atoms. The monoisotopic (exact) mass is 351 g/mol. The Morgan fingerprint density at radius 3 is 2.80 bits per heavy atom. The van der Waals surface area contributed by atoms with Gasteiger partial charge in [0.15, 0.2) is 0 Å². The SMILES string of the molecule is Cc1ccccc1CON=CCNC(=O)c1cnccc1C(F)(F)F. The first-order valence-electron chi connectivity index (χ1n) is 7.37. The van der Waals surface area contributed by atoms with Crippen LogP contribution in [0, 0.1) is 6.92 Å². The molecule has 0 bridgehead atoms. The summed E-state index contributed by atoms with van der Waals surface area (Å²) in [6, 6.07) is 8.38. The number of rotatable bonds is 6. The predicted octanol–water partition coefficient (Wildman–Crippen LogP) is 3.34. The van der Waals surface area contributed by atoms with Gasteiger partial charge in [-0.2, -0.15) is 13.2 Å². The van der Waals surface area contributed by atoms with Crippen LogP contribution in [0.3, 0.4) is 0 Å². The van der Waals surface area contributed by atoms with Crippen molar-refractivity contribution in [3.8, 4) is 0 Å². The van der Waals surface area contributed by atoms with Gasteiger partial charge in [-0.05, 0) is 24.1 Å². The van der Waals surface area contributed by atoms with Crippen LogP contribution in [0.25, 0.3) is 0 Å². The zero-order valence-corrected chi connectivity index (χ0v) is 13.4. The lowest BCUT2D eigenvalue weighted by molar-refractivity contribution is -0.138. The summed E-state index contributed by atoms with van der Waals surface area (Å²) in [7, 11) is 0. The molecule has 1 amide bonds. The van der Waals surface area contributed by atoms with E-state index in [1.165, 1.54) is 6.21 Å². The Morgan fingerprint density at radius 1 is 1.32 bits per heavy atom. The Bertz CT molecular complexity index is 761. The van der Waals surface area contributed by atoms with Gasteiger partial charge in [0.25, 0.3) is 5.91 Å². The summed E-state index contributed by atoms with van der Waals surface area (Å²) in [6.45, 7) is 2.13. The van der Waals surface area contributed by atoms with Gasteiger partial charge in [-0.1, -0.05) is 29.4 Å². The average Bonchev–Trinajstić information content (AvgIpc) is 2.58. The molecule has 0 radical (unpaired) electrons. The number of hydrogen-bond acceptors (Lipinski definition) is 4. The van der Waals surface area contributed by atoms with Gasteiger partial charge in [-0.25, -0.2) is 0 Å². The maximum atomic E-state index is 12.8. The van der Waals surface area contributed by atoms with E-state index in [1.54, 1.807) is 0 Å². The van der Waals surface area contributed by atoms with Crippen LogP contribution in [0.2, 0.25) is 0 Å². The molecule has 2 aromatic rings. The average molecular weight is 351 g/mol. The zero-order valence-electron chi connectivity index (χ0n) is 13.4. The van der Waals surface area contributed by atoms with Crippen LogP contribution >= 0.6 is 0 Å². The lowest BCUT2D eigenvalue weighted by atomic mass is 10.1. The Kier molecular flexibility index (Phi) is 6.10. The number of alkyl halides is 3. The molecule has 1 aromatic heterocycles. The molecular formula is C17H16F3N3O2. The molecule has 5 nitrogen and oxygen atoms in total. The highest BCUT2D eigenvalue weighted by Crippen LogP contribution is 2.31. The first kappa shape index (κ1) is 18.4. The fraction of sp³-hybridized carbons (Fsp3) is 0.235. The van der Waals surface area contributed by atoms with E-state index in [0.717, 1.165) is 29.6 Å². The highest BCUT2D eigenvalue weighted by atomic mass is 19.4. The molecule has 0 saturated carbocycles. The molecule has 0 aliphatic heterocycles. The largest absolute Gasteiger partial charge is 0.417 e. The van der Waals surface area contributed by atoms with Gasteiger partial charge >= 0.3 is 6.18 Å². The second-order valence-electron chi connectivity index (χ2n) is 5.12. The zero-order chi connectivity index (χ0) is 18.3. The smallest absolute Gasteiger partial charge is 0.391 e. The minimum Gasteiger partial charge on any atom is -0.391 e. The number of oxime groups is 1. The lowest BCUT2D eigenvalue weighted by Gasteiger charge is -2.11. The summed E-state index contributed by atoms with van der Waals surface area (Å²) in [4.78, 5) is 20.5. The number of aromatic nitrogens is 1. The van der Waals surface area contributed by atoms with Gasteiger partial charge in [0, 0.05) is 12.4 Å². The quantitative estimate of drug-likeness (QED) is 0.641. The molecular weight excluding hydrogens is 335 g/mol. The molecule has 0 aliphatic rings. The normalized spacial score (nSPS) is 11.5. The fourth-order valence-corrected chi connectivity index (χ4v) is 2.02. The van der Waals surface area contributed by atoms with E-state index >= 15 is 0 Å². The molecule has 0 unspecified atom stereocenters. The minimum atomic E-state index is -4.62. The number of nitrogens with one attached hydrogen (secondary N) is 1. The van der Waals surface area contributed by atoms with Crippen molar-refractivity contribution >= 4 is 12.1 Å². The molecule has 8 heteroatoms. The fourth-order valence-electron chi connectivity index (χ4n) is 2.02. The van der Waals surface area contributed by atoms with Crippen LogP contribution in [-0.2, 0) is 17.6 Å². The number of carbonyl (C=O) groups is 1. The first-order valence-corrected chi connectivity index (χ1v) is 7.37. The van der Waals surface area contributed by atoms with Gasteiger partial charge in [0.05, 0.1) is 23.9 Å². The topological polar surface area (TPSA) is 63.6 Å². The van der Waals surface area contributed by atoms with Crippen molar-refractivity contribution in [3.63, 3.8) is 0 Å². The number of hydrogen-bond donors (Lipinski definition) is 1. The van der Waals surface area contributed by atoms with Crippen LogP contribution < -0.4 is 5.32 Å². The third-order valence-corrected chi connectivity index (χ3v) is 3.36. The lowest BCUT2D eigenvalue weighted by Crippen LogP contribution is -2.28. The van der Waals surface area contributed by atoms with Crippen molar-refractivity contribution in [2.24, 2.45) is 5.16 Å². The Hall–Kier alpha value is -2.90. The van der Waals surface area contributed by atoms with Crippen LogP contribution in [0.15, 0.2) is 47.9 Å². The molecule has 25 heavy (non-hydrogen) atoms. The van der Waals surface area contributed by atoms with Crippen molar-refractivity contribution in [1.29, 1.82) is 0 Å². The molecule has 1 heterocycles. The van der Waals surface area contributed by atoms with E-state index in [9.17, 15) is 18.0 Å². The third kappa shape index (κ3) is 5.30. The first-order chi connectivity index (χ1) is 11.9. The van der Waals surface area contributed by atoms with Crippen molar-refractivity contribution < 1.29 is 22.8 Å². The van der Waals surface area contributed by atoms with Crippen molar-refractivity contribution in [2.45, 2.75) is 19.7 Å². The Balaban J connectivity index is 1.84. The highest BCUT2D eigenvalue weighted by molar-refractivity contribution is 5.96. The van der Waals surface area contributed by atoms with E-state index in [2.05, 4.69) is 15.5 Å². The molecule has 0 atom stereocenters.